The summed E-state index contributed by atoms with van der Waals surface area (Å²) in [6, 6.07) is 8.41. The van der Waals surface area contributed by atoms with Gasteiger partial charge in [0.2, 0.25) is 0 Å². The fourth-order valence-electron chi connectivity index (χ4n) is 3.62. The van der Waals surface area contributed by atoms with E-state index < -0.39 is 5.41 Å². The van der Waals surface area contributed by atoms with E-state index >= 15 is 0 Å². The fraction of sp³-hybridized carbons (Fsp3) is 0.478. The monoisotopic (exact) mass is 367 g/mol. The molecule has 0 bridgehead atoms. The van der Waals surface area contributed by atoms with E-state index in [2.05, 4.69) is 40.0 Å². The van der Waals surface area contributed by atoms with Gasteiger partial charge in [0.25, 0.3) is 0 Å². The third-order valence-corrected chi connectivity index (χ3v) is 5.36. The number of carbonyl (C=O) groups is 1. The smallest absolute Gasteiger partial charge is 0.139 e. The van der Waals surface area contributed by atoms with Gasteiger partial charge in [0, 0.05) is 23.4 Å². The van der Waals surface area contributed by atoms with Gasteiger partial charge in [-0.3, -0.25) is 9.69 Å². The zero-order valence-electron chi connectivity index (χ0n) is 17.4. The predicted octanol–water partition coefficient (Wildman–Crippen LogP) is 5.19. The number of aliphatic imine (C=N–C) groups is 1. The summed E-state index contributed by atoms with van der Waals surface area (Å²) >= 11 is 0. The maximum absolute atomic E-state index is 12.0. The Balaban J connectivity index is 2.07. The number of nitrogens with one attached hydrogen (secondary N) is 1. The second kappa shape index (κ2) is 9.14. The van der Waals surface area contributed by atoms with Crippen LogP contribution in [0.5, 0.6) is 0 Å². The average Bonchev–Trinajstić information content (AvgIpc) is 3.08. The molecule has 1 fully saturated rings. The minimum Gasteiger partial charge on any atom is -0.341 e. The van der Waals surface area contributed by atoms with Gasteiger partial charge in [-0.15, -0.1) is 0 Å². The van der Waals surface area contributed by atoms with Crippen molar-refractivity contribution in [2.75, 3.05) is 18.4 Å². The van der Waals surface area contributed by atoms with E-state index in [-0.39, 0.29) is 5.78 Å². The maximum Gasteiger partial charge on any atom is 0.139 e. The van der Waals surface area contributed by atoms with Crippen LogP contribution in [0, 0.1) is 5.41 Å². The standard InChI is InChI=1S/C23H33N3O/c1-7-22(23(5,6)18(3)27)17(2)24-19(4)25-21-12-10-11-20(15-21)16-26-13-8-9-14-26/h7,10-12,15,25H,4,8-9,13-14,16H2,1-3,5-6H3/b22-7+,24-17-. The fourth-order valence-corrected chi connectivity index (χ4v) is 3.62. The van der Waals surface area contributed by atoms with Gasteiger partial charge in [-0.05, 0) is 83.8 Å². The van der Waals surface area contributed by atoms with E-state index in [9.17, 15) is 4.79 Å². The van der Waals surface area contributed by atoms with Crippen LogP contribution < -0.4 is 5.32 Å². The first kappa shape index (κ1) is 21.1. The Bertz CT molecular complexity index is 753. The molecule has 0 spiro atoms. The molecule has 1 N–H and O–H groups in total. The van der Waals surface area contributed by atoms with Crippen molar-refractivity contribution in [3.05, 3.63) is 53.9 Å². The zero-order chi connectivity index (χ0) is 20.0. The van der Waals surface area contributed by atoms with Gasteiger partial charge in [0.15, 0.2) is 0 Å². The minimum absolute atomic E-state index is 0.123. The predicted molar refractivity (Wildman–Crippen MR) is 115 cm³/mol. The molecule has 2 rings (SSSR count). The van der Waals surface area contributed by atoms with Crippen LogP contribution in [0.25, 0.3) is 0 Å². The number of carbonyl (C=O) groups excluding carboxylic acids is 1. The lowest BCUT2D eigenvalue weighted by atomic mass is 9.78. The molecule has 1 aromatic rings. The molecule has 0 aromatic heterocycles. The number of anilines is 1. The summed E-state index contributed by atoms with van der Waals surface area (Å²) in [5.41, 5.74) is 3.46. The number of likely N-dealkylation sites (tertiary alicyclic amines) is 1. The summed E-state index contributed by atoms with van der Waals surface area (Å²) in [4.78, 5) is 19.1. The number of Topliss-reactive ketones (excluding diaryl/α,β-unsaturated/α-hetero) is 1. The Labute approximate surface area is 164 Å². The zero-order valence-corrected chi connectivity index (χ0v) is 17.4. The molecule has 0 amide bonds. The van der Waals surface area contributed by atoms with Gasteiger partial charge in [-0.25, -0.2) is 4.99 Å². The van der Waals surface area contributed by atoms with Crippen molar-refractivity contribution < 1.29 is 4.79 Å². The SMILES string of the molecule is C=C(/N=C(C)\C(=C/C)C(C)(C)C(C)=O)Nc1cccc(CN2CCCC2)c1. The molecule has 1 heterocycles. The topological polar surface area (TPSA) is 44.7 Å². The number of hydrogen-bond donors (Lipinski definition) is 1. The molecule has 4 nitrogen and oxygen atoms in total. The minimum atomic E-state index is -0.557. The highest BCUT2D eigenvalue weighted by atomic mass is 16.1. The average molecular weight is 368 g/mol. The van der Waals surface area contributed by atoms with Crippen LogP contribution in [-0.2, 0) is 11.3 Å². The number of hydrogen-bond acceptors (Lipinski definition) is 4. The number of rotatable bonds is 8. The number of ketones is 1. The Morgan fingerprint density at radius 2 is 1.96 bits per heavy atom. The van der Waals surface area contributed by atoms with Crippen LogP contribution in [0.4, 0.5) is 5.69 Å². The highest BCUT2D eigenvalue weighted by Gasteiger charge is 2.29. The Morgan fingerprint density at radius 1 is 1.30 bits per heavy atom. The molecule has 1 saturated heterocycles. The first-order valence-corrected chi connectivity index (χ1v) is 9.74. The van der Waals surface area contributed by atoms with Crippen LogP contribution in [0.1, 0.15) is 53.0 Å². The van der Waals surface area contributed by atoms with Crippen molar-refractivity contribution in [2.24, 2.45) is 10.4 Å². The third-order valence-electron chi connectivity index (χ3n) is 5.36. The van der Waals surface area contributed by atoms with Gasteiger partial charge >= 0.3 is 0 Å². The Morgan fingerprint density at radius 3 is 2.56 bits per heavy atom. The van der Waals surface area contributed by atoms with Gasteiger partial charge in [-0.1, -0.05) is 24.8 Å². The summed E-state index contributed by atoms with van der Waals surface area (Å²) in [6.45, 7) is 16.8. The largest absolute Gasteiger partial charge is 0.341 e. The summed E-state index contributed by atoms with van der Waals surface area (Å²) in [5, 5.41) is 3.29. The van der Waals surface area contributed by atoms with E-state index in [1.54, 1.807) is 6.92 Å². The molecule has 1 aromatic carbocycles. The van der Waals surface area contributed by atoms with Crippen LogP contribution in [0.15, 0.2) is 53.3 Å². The highest BCUT2D eigenvalue weighted by Crippen LogP contribution is 2.29. The summed E-state index contributed by atoms with van der Waals surface area (Å²) in [6.07, 6.45) is 4.56. The molecule has 1 aliphatic heterocycles. The quantitative estimate of drug-likeness (QED) is 0.643. The van der Waals surface area contributed by atoms with Gasteiger partial charge in [0.1, 0.15) is 11.6 Å². The number of nitrogens with zero attached hydrogens (tertiary/aromatic N) is 2. The Hall–Kier alpha value is -2.20. The first-order chi connectivity index (χ1) is 12.7. The first-order valence-electron chi connectivity index (χ1n) is 9.74. The molecule has 0 unspecified atom stereocenters. The highest BCUT2D eigenvalue weighted by molar-refractivity contribution is 6.05. The molecular formula is C23H33N3O. The second-order valence-electron chi connectivity index (χ2n) is 7.84. The van der Waals surface area contributed by atoms with Crippen molar-refractivity contribution in [2.45, 2.75) is 54.0 Å². The molecule has 146 valence electrons. The van der Waals surface area contributed by atoms with Crippen LogP contribution in [-0.4, -0.2) is 29.5 Å². The molecule has 0 radical (unpaired) electrons. The molecule has 1 aliphatic rings. The van der Waals surface area contributed by atoms with Crippen molar-refractivity contribution in [1.82, 2.24) is 4.90 Å². The molecular weight excluding hydrogens is 334 g/mol. The lowest BCUT2D eigenvalue weighted by Crippen LogP contribution is -2.27. The number of benzene rings is 1. The van der Waals surface area contributed by atoms with Crippen LogP contribution in [0.2, 0.25) is 0 Å². The van der Waals surface area contributed by atoms with E-state index in [1.807, 2.05) is 39.8 Å². The van der Waals surface area contributed by atoms with Crippen LogP contribution in [0.3, 0.4) is 0 Å². The number of allylic oxidation sites excluding steroid dienone is 2. The van der Waals surface area contributed by atoms with Crippen molar-refractivity contribution in [3.8, 4) is 0 Å². The molecule has 27 heavy (non-hydrogen) atoms. The van der Waals surface area contributed by atoms with Gasteiger partial charge in [-0.2, -0.15) is 0 Å². The normalized spacial score (nSPS) is 16.5. The summed E-state index contributed by atoms with van der Waals surface area (Å²) < 4.78 is 0. The second-order valence-corrected chi connectivity index (χ2v) is 7.84. The molecule has 0 atom stereocenters. The summed E-state index contributed by atoms with van der Waals surface area (Å²) in [5.74, 6) is 0.697. The third kappa shape index (κ3) is 5.64. The summed E-state index contributed by atoms with van der Waals surface area (Å²) in [7, 11) is 0. The van der Waals surface area contributed by atoms with Gasteiger partial charge in [0.05, 0.1) is 0 Å². The maximum atomic E-state index is 12.0. The van der Waals surface area contributed by atoms with Gasteiger partial charge < -0.3 is 5.32 Å². The Kier molecular flexibility index (Phi) is 7.14. The van der Waals surface area contributed by atoms with E-state index in [4.69, 9.17) is 0 Å². The molecule has 0 aliphatic carbocycles. The van der Waals surface area contributed by atoms with Crippen molar-refractivity contribution in [3.63, 3.8) is 0 Å². The molecule has 0 saturated carbocycles. The van der Waals surface area contributed by atoms with Crippen LogP contribution >= 0.6 is 0 Å². The lowest BCUT2D eigenvalue weighted by molar-refractivity contribution is -0.122. The van der Waals surface area contributed by atoms with E-state index in [1.165, 1.54) is 31.5 Å². The van der Waals surface area contributed by atoms with E-state index in [0.29, 0.717) is 5.82 Å². The molecule has 4 heteroatoms. The van der Waals surface area contributed by atoms with E-state index in [0.717, 1.165) is 23.5 Å². The van der Waals surface area contributed by atoms with Crippen molar-refractivity contribution >= 4 is 17.2 Å². The van der Waals surface area contributed by atoms with Crippen molar-refractivity contribution in [1.29, 1.82) is 0 Å². The lowest BCUT2D eigenvalue weighted by Gasteiger charge is -2.25.